The van der Waals surface area contributed by atoms with Crippen molar-refractivity contribution in [2.75, 3.05) is 12.0 Å². The Morgan fingerprint density at radius 2 is 2.14 bits per heavy atom. The Bertz CT molecular complexity index is 362. The fraction of sp³-hybridized carbons (Fsp3) is 0.182. The van der Waals surface area contributed by atoms with E-state index in [0.717, 1.165) is 16.9 Å². The minimum Gasteiger partial charge on any atom is -0.193 e. The average molecular weight is 224 g/mol. The summed E-state index contributed by atoms with van der Waals surface area (Å²) in [4.78, 5) is 0. The van der Waals surface area contributed by atoms with Gasteiger partial charge in [-0.2, -0.15) is 17.0 Å². The van der Waals surface area contributed by atoms with Crippen molar-refractivity contribution in [1.29, 1.82) is 5.26 Å². The van der Waals surface area contributed by atoms with Crippen LogP contribution >= 0.6 is 23.4 Å². The highest BCUT2D eigenvalue weighted by atomic mass is 35.5. The van der Waals surface area contributed by atoms with Crippen molar-refractivity contribution in [2.45, 2.75) is 0 Å². The number of hydrogen-bond donors (Lipinski definition) is 0. The third-order valence-electron chi connectivity index (χ3n) is 1.65. The van der Waals surface area contributed by atoms with Gasteiger partial charge in [0.25, 0.3) is 0 Å². The summed E-state index contributed by atoms with van der Waals surface area (Å²) < 4.78 is 0. The van der Waals surface area contributed by atoms with Crippen LogP contribution < -0.4 is 0 Å². The number of nitriles is 1. The molecule has 0 aliphatic rings. The lowest BCUT2D eigenvalue weighted by molar-refractivity contribution is 1.46. The molecule has 0 saturated carbocycles. The van der Waals surface area contributed by atoms with Gasteiger partial charge < -0.3 is 0 Å². The van der Waals surface area contributed by atoms with E-state index in [9.17, 15) is 0 Å². The fourth-order valence-electron chi connectivity index (χ4n) is 1.02. The van der Waals surface area contributed by atoms with E-state index in [2.05, 4.69) is 6.07 Å². The average Bonchev–Trinajstić information content (AvgIpc) is 2.20. The van der Waals surface area contributed by atoms with Gasteiger partial charge in [0, 0.05) is 16.3 Å². The Balaban J connectivity index is 2.85. The van der Waals surface area contributed by atoms with E-state index < -0.39 is 0 Å². The van der Waals surface area contributed by atoms with Gasteiger partial charge in [0.2, 0.25) is 0 Å². The predicted molar refractivity (Wildman–Crippen MR) is 63.4 cm³/mol. The topological polar surface area (TPSA) is 23.8 Å². The summed E-state index contributed by atoms with van der Waals surface area (Å²) in [5.41, 5.74) is 1.79. The van der Waals surface area contributed by atoms with E-state index in [0.29, 0.717) is 5.02 Å². The molecular weight excluding hydrogens is 214 g/mol. The molecule has 0 amide bonds. The molecular formula is C11H10ClNS. The van der Waals surface area contributed by atoms with Gasteiger partial charge in [-0.25, -0.2) is 0 Å². The second-order valence-corrected chi connectivity index (χ2v) is 4.07. The quantitative estimate of drug-likeness (QED) is 0.731. The fourth-order valence-corrected chi connectivity index (χ4v) is 1.61. The summed E-state index contributed by atoms with van der Waals surface area (Å²) in [6.45, 7) is 0. The third kappa shape index (κ3) is 3.45. The van der Waals surface area contributed by atoms with Gasteiger partial charge in [0.05, 0.1) is 6.07 Å². The van der Waals surface area contributed by atoms with Crippen LogP contribution in [0.5, 0.6) is 0 Å². The standard InChI is InChI=1S/C11H10ClNS/c1-14-8-10(7-13)6-9-2-4-11(12)5-3-9/h2-6H,8H2,1H3/b10-6+. The first-order valence-electron chi connectivity index (χ1n) is 4.11. The number of nitrogens with zero attached hydrogens (tertiary/aromatic N) is 1. The maximum Gasteiger partial charge on any atom is 0.0956 e. The maximum absolute atomic E-state index is 8.82. The van der Waals surface area contributed by atoms with Crippen molar-refractivity contribution in [2.24, 2.45) is 0 Å². The molecule has 0 bridgehead atoms. The molecule has 0 saturated heterocycles. The predicted octanol–water partition coefficient (Wildman–Crippen LogP) is 3.61. The van der Waals surface area contributed by atoms with Gasteiger partial charge >= 0.3 is 0 Å². The van der Waals surface area contributed by atoms with E-state index >= 15 is 0 Å². The van der Waals surface area contributed by atoms with Gasteiger partial charge in [-0.05, 0) is 30.0 Å². The van der Waals surface area contributed by atoms with E-state index in [-0.39, 0.29) is 0 Å². The molecule has 0 heterocycles. The normalized spacial score (nSPS) is 11.1. The third-order valence-corrected chi connectivity index (χ3v) is 2.51. The Hall–Kier alpha value is -0.910. The molecule has 0 spiro atoms. The van der Waals surface area contributed by atoms with Crippen LogP contribution in [0, 0.1) is 11.3 Å². The summed E-state index contributed by atoms with van der Waals surface area (Å²) in [6, 6.07) is 9.62. The van der Waals surface area contributed by atoms with Crippen LogP contribution in [0.2, 0.25) is 5.02 Å². The molecule has 72 valence electrons. The van der Waals surface area contributed by atoms with E-state index in [4.69, 9.17) is 16.9 Å². The van der Waals surface area contributed by atoms with Crippen LogP contribution in [-0.2, 0) is 0 Å². The second kappa shape index (κ2) is 5.74. The van der Waals surface area contributed by atoms with Crippen LogP contribution in [0.1, 0.15) is 5.56 Å². The van der Waals surface area contributed by atoms with Gasteiger partial charge in [-0.15, -0.1) is 0 Å². The molecule has 0 aliphatic heterocycles. The Morgan fingerprint density at radius 1 is 1.50 bits per heavy atom. The smallest absolute Gasteiger partial charge is 0.0956 e. The van der Waals surface area contributed by atoms with E-state index in [1.807, 2.05) is 36.6 Å². The second-order valence-electron chi connectivity index (χ2n) is 2.77. The maximum atomic E-state index is 8.82. The molecule has 0 N–H and O–H groups in total. The van der Waals surface area contributed by atoms with Gasteiger partial charge in [0.1, 0.15) is 0 Å². The zero-order chi connectivity index (χ0) is 10.4. The van der Waals surface area contributed by atoms with Crippen molar-refractivity contribution >= 4 is 29.4 Å². The summed E-state index contributed by atoms with van der Waals surface area (Å²) in [6.07, 6.45) is 3.86. The van der Waals surface area contributed by atoms with Gasteiger partial charge in [-0.1, -0.05) is 23.7 Å². The number of benzene rings is 1. The Morgan fingerprint density at radius 3 is 2.64 bits per heavy atom. The summed E-state index contributed by atoms with van der Waals surface area (Å²) in [7, 11) is 0. The largest absolute Gasteiger partial charge is 0.193 e. The van der Waals surface area contributed by atoms with E-state index in [1.165, 1.54) is 0 Å². The lowest BCUT2D eigenvalue weighted by Crippen LogP contribution is -1.82. The van der Waals surface area contributed by atoms with E-state index in [1.54, 1.807) is 11.8 Å². The van der Waals surface area contributed by atoms with Gasteiger partial charge in [-0.3, -0.25) is 0 Å². The zero-order valence-corrected chi connectivity index (χ0v) is 9.40. The minimum absolute atomic E-state index is 0.713. The summed E-state index contributed by atoms with van der Waals surface area (Å²) in [5.74, 6) is 0.749. The van der Waals surface area contributed by atoms with Crippen LogP contribution in [0.4, 0.5) is 0 Å². The van der Waals surface area contributed by atoms with Crippen LogP contribution in [0.15, 0.2) is 29.8 Å². The molecule has 1 rings (SSSR count). The molecule has 0 radical (unpaired) electrons. The molecule has 0 aliphatic carbocycles. The Labute approximate surface area is 93.4 Å². The SMILES string of the molecule is CSC/C(C#N)=C/c1ccc(Cl)cc1. The summed E-state index contributed by atoms with van der Waals surface area (Å²) in [5, 5.41) is 9.53. The molecule has 1 aromatic rings. The van der Waals surface area contributed by atoms with Crippen molar-refractivity contribution in [3.63, 3.8) is 0 Å². The lowest BCUT2D eigenvalue weighted by atomic mass is 10.1. The molecule has 1 aromatic carbocycles. The van der Waals surface area contributed by atoms with Crippen LogP contribution in [0.25, 0.3) is 6.08 Å². The molecule has 0 unspecified atom stereocenters. The number of hydrogen-bond acceptors (Lipinski definition) is 2. The van der Waals surface area contributed by atoms with Crippen molar-refractivity contribution < 1.29 is 0 Å². The van der Waals surface area contributed by atoms with Crippen molar-refractivity contribution in [3.05, 3.63) is 40.4 Å². The first-order valence-corrected chi connectivity index (χ1v) is 5.88. The van der Waals surface area contributed by atoms with Crippen LogP contribution in [-0.4, -0.2) is 12.0 Å². The number of thioether (sulfide) groups is 1. The Kier molecular flexibility index (Phi) is 4.58. The lowest BCUT2D eigenvalue weighted by Gasteiger charge is -1.96. The minimum atomic E-state index is 0.713. The molecule has 0 aromatic heterocycles. The highest BCUT2D eigenvalue weighted by molar-refractivity contribution is 7.98. The molecule has 1 nitrogen and oxygen atoms in total. The first kappa shape index (κ1) is 11.2. The monoisotopic (exact) mass is 223 g/mol. The van der Waals surface area contributed by atoms with Crippen LogP contribution in [0.3, 0.4) is 0 Å². The molecule has 3 heteroatoms. The number of halogens is 1. The molecule has 14 heavy (non-hydrogen) atoms. The number of rotatable bonds is 3. The van der Waals surface area contributed by atoms with Crippen molar-refractivity contribution in [3.8, 4) is 6.07 Å². The molecule has 0 atom stereocenters. The van der Waals surface area contributed by atoms with Crippen molar-refractivity contribution in [1.82, 2.24) is 0 Å². The highest BCUT2D eigenvalue weighted by Gasteiger charge is 1.95. The van der Waals surface area contributed by atoms with Gasteiger partial charge in [0.15, 0.2) is 0 Å². The highest BCUT2D eigenvalue weighted by Crippen LogP contribution is 2.13. The molecule has 0 fully saturated rings. The first-order chi connectivity index (χ1) is 6.76. The zero-order valence-electron chi connectivity index (χ0n) is 7.83. The summed E-state index contributed by atoms with van der Waals surface area (Å²) >= 11 is 7.39.